The van der Waals surface area contributed by atoms with Gasteiger partial charge < -0.3 is 0 Å². The molecule has 0 unspecified atom stereocenters. The average molecular weight is 425 g/mol. The maximum Gasteiger partial charge on any atom is 0.416 e. The highest BCUT2D eigenvalue weighted by molar-refractivity contribution is 8.00. The summed E-state index contributed by atoms with van der Waals surface area (Å²) in [6.45, 7) is 0. The molecule has 0 bridgehead atoms. The number of thioether (sulfide) groups is 1. The first-order valence-electron chi connectivity index (χ1n) is 7.58. The zero-order chi connectivity index (χ0) is 19.2. The van der Waals surface area contributed by atoms with Crippen LogP contribution in [0.1, 0.15) is 15.9 Å². The Balaban J connectivity index is 1.62. The number of nitrogens with one attached hydrogen (secondary N) is 1. The predicted octanol–water partition coefficient (Wildman–Crippen LogP) is 5.90. The smallest absolute Gasteiger partial charge is 0.298 e. The molecule has 2 aromatic heterocycles. The highest BCUT2D eigenvalue weighted by atomic mass is 32.2. The summed E-state index contributed by atoms with van der Waals surface area (Å²) in [6, 6.07) is 7.80. The van der Waals surface area contributed by atoms with Crippen molar-refractivity contribution in [3.63, 3.8) is 0 Å². The largest absolute Gasteiger partial charge is 0.416 e. The van der Waals surface area contributed by atoms with Crippen LogP contribution in [0.25, 0.3) is 20.4 Å². The van der Waals surface area contributed by atoms with Crippen molar-refractivity contribution >= 4 is 65.9 Å². The van der Waals surface area contributed by atoms with Crippen LogP contribution in [0.15, 0.2) is 40.7 Å². The summed E-state index contributed by atoms with van der Waals surface area (Å²) < 4.78 is 40.8. The average Bonchev–Trinajstić information content (AvgIpc) is 3.23. The lowest BCUT2D eigenvalue weighted by atomic mass is 10.1. The van der Waals surface area contributed by atoms with E-state index < -0.39 is 17.6 Å². The molecular weight excluding hydrogens is 415 g/mol. The van der Waals surface area contributed by atoms with Gasteiger partial charge in [0.05, 0.1) is 26.0 Å². The number of benzene rings is 2. The van der Waals surface area contributed by atoms with Gasteiger partial charge in [-0.05, 0) is 42.7 Å². The van der Waals surface area contributed by atoms with Gasteiger partial charge in [-0.15, -0.1) is 11.3 Å². The van der Waals surface area contributed by atoms with Crippen molar-refractivity contribution in [3.05, 3.63) is 47.5 Å². The molecule has 0 aliphatic rings. The number of fused-ring (bicyclic) bond motifs is 3. The Morgan fingerprint density at radius 3 is 2.26 bits per heavy atom. The quantitative estimate of drug-likeness (QED) is 0.415. The van der Waals surface area contributed by atoms with Gasteiger partial charge in [-0.25, -0.2) is 9.97 Å². The van der Waals surface area contributed by atoms with Gasteiger partial charge in [-0.1, -0.05) is 23.1 Å². The molecule has 1 amide bonds. The fraction of sp³-hybridized carbons (Fsp3) is 0.118. The van der Waals surface area contributed by atoms with Gasteiger partial charge in [-0.2, -0.15) is 13.2 Å². The molecule has 1 N–H and O–H groups in total. The molecule has 0 atom stereocenters. The molecule has 10 heteroatoms. The first kappa shape index (κ1) is 18.2. The zero-order valence-corrected chi connectivity index (χ0v) is 16.1. The van der Waals surface area contributed by atoms with Crippen LogP contribution in [0.5, 0.6) is 0 Å². The fourth-order valence-electron chi connectivity index (χ4n) is 2.47. The minimum Gasteiger partial charge on any atom is -0.298 e. The van der Waals surface area contributed by atoms with Crippen molar-refractivity contribution < 1.29 is 18.0 Å². The molecule has 138 valence electrons. The summed E-state index contributed by atoms with van der Waals surface area (Å²) in [7, 11) is 0. The van der Waals surface area contributed by atoms with E-state index in [1.165, 1.54) is 11.3 Å². The molecule has 0 aliphatic heterocycles. The molecule has 0 spiro atoms. The Hall–Kier alpha value is -2.17. The van der Waals surface area contributed by atoms with Gasteiger partial charge in [0.15, 0.2) is 9.47 Å². The number of amides is 1. The van der Waals surface area contributed by atoms with Crippen molar-refractivity contribution in [1.82, 2.24) is 9.97 Å². The third kappa shape index (κ3) is 3.52. The van der Waals surface area contributed by atoms with Crippen LogP contribution >= 0.6 is 34.4 Å². The lowest BCUT2D eigenvalue weighted by Crippen LogP contribution is -2.12. The molecule has 2 aromatic carbocycles. The number of carbonyl (C=O) groups excluding carboxylic acids is 1. The van der Waals surface area contributed by atoms with Crippen LogP contribution in [0, 0.1) is 0 Å². The minimum absolute atomic E-state index is 0.134. The Kier molecular flexibility index (Phi) is 4.57. The molecule has 4 aromatic rings. The summed E-state index contributed by atoms with van der Waals surface area (Å²) in [6.07, 6.45) is -2.48. The second kappa shape index (κ2) is 6.77. The Morgan fingerprint density at radius 1 is 1.00 bits per heavy atom. The lowest BCUT2D eigenvalue weighted by molar-refractivity contribution is -0.137. The first-order chi connectivity index (χ1) is 12.8. The van der Waals surface area contributed by atoms with E-state index in [9.17, 15) is 18.0 Å². The van der Waals surface area contributed by atoms with E-state index in [1.54, 1.807) is 23.1 Å². The number of halogens is 3. The van der Waals surface area contributed by atoms with Crippen molar-refractivity contribution in [2.75, 3.05) is 11.6 Å². The summed E-state index contributed by atoms with van der Waals surface area (Å²) >= 11 is 4.44. The second-order valence-electron chi connectivity index (χ2n) is 5.49. The summed E-state index contributed by atoms with van der Waals surface area (Å²) in [4.78, 5) is 21.2. The van der Waals surface area contributed by atoms with E-state index in [-0.39, 0.29) is 5.56 Å². The number of hydrogen-bond acceptors (Lipinski definition) is 6. The zero-order valence-electron chi connectivity index (χ0n) is 13.6. The Labute approximate surface area is 163 Å². The van der Waals surface area contributed by atoms with Crippen molar-refractivity contribution in [3.8, 4) is 0 Å². The summed E-state index contributed by atoms with van der Waals surface area (Å²) in [5.74, 6) is -0.506. The predicted molar refractivity (Wildman–Crippen MR) is 104 cm³/mol. The molecule has 2 heterocycles. The van der Waals surface area contributed by atoms with E-state index in [4.69, 9.17) is 0 Å². The second-order valence-corrected chi connectivity index (χ2v) is 8.55. The minimum atomic E-state index is -4.43. The van der Waals surface area contributed by atoms with Crippen LogP contribution in [-0.2, 0) is 6.18 Å². The maximum atomic E-state index is 12.6. The van der Waals surface area contributed by atoms with Crippen LogP contribution in [0.2, 0.25) is 0 Å². The molecule has 4 rings (SSSR count). The number of aromatic nitrogens is 2. The van der Waals surface area contributed by atoms with Gasteiger partial charge in [-0.3, -0.25) is 10.1 Å². The fourth-order valence-corrected chi connectivity index (χ4v) is 5.13. The van der Waals surface area contributed by atoms with E-state index in [1.807, 2.05) is 18.4 Å². The molecule has 27 heavy (non-hydrogen) atoms. The first-order valence-corrected chi connectivity index (χ1v) is 10.4. The lowest BCUT2D eigenvalue weighted by Gasteiger charge is -2.07. The van der Waals surface area contributed by atoms with E-state index >= 15 is 0 Å². The molecule has 0 aliphatic carbocycles. The summed E-state index contributed by atoms with van der Waals surface area (Å²) in [5.41, 5.74) is 0.957. The number of alkyl halides is 3. The number of anilines is 1. The van der Waals surface area contributed by atoms with Gasteiger partial charge >= 0.3 is 6.18 Å². The Morgan fingerprint density at radius 2 is 1.63 bits per heavy atom. The van der Waals surface area contributed by atoms with Crippen molar-refractivity contribution in [2.24, 2.45) is 0 Å². The number of nitrogens with zero attached hydrogens (tertiary/aromatic N) is 2. The van der Waals surface area contributed by atoms with E-state index in [0.717, 1.165) is 49.0 Å². The van der Waals surface area contributed by atoms with Crippen molar-refractivity contribution in [1.29, 1.82) is 0 Å². The van der Waals surface area contributed by atoms with E-state index in [0.29, 0.717) is 5.13 Å². The Bertz CT molecular complexity index is 1150. The number of carbonyl (C=O) groups is 1. The van der Waals surface area contributed by atoms with Crippen LogP contribution in [0.3, 0.4) is 0 Å². The van der Waals surface area contributed by atoms with Crippen LogP contribution in [-0.4, -0.2) is 22.1 Å². The number of hydrogen-bond donors (Lipinski definition) is 1. The van der Waals surface area contributed by atoms with Crippen LogP contribution < -0.4 is 5.32 Å². The third-order valence-corrected chi connectivity index (χ3v) is 6.97. The van der Waals surface area contributed by atoms with Gasteiger partial charge in [0.25, 0.3) is 5.91 Å². The monoisotopic (exact) mass is 425 g/mol. The third-order valence-electron chi connectivity index (χ3n) is 3.76. The van der Waals surface area contributed by atoms with Gasteiger partial charge in [0, 0.05) is 5.56 Å². The molecule has 0 saturated heterocycles. The normalized spacial score (nSPS) is 12.0. The highest BCUT2D eigenvalue weighted by Crippen LogP contribution is 2.38. The molecular formula is C17H10F3N3OS3. The van der Waals surface area contributed by atoms with E-state index in [2.05, 4.69) is 15.3 Å². The van der Waals surface area contributed by atoms with Crippen molar-refractivity contribution in [2.45, 2.75) is 10.5 Å². The topological polar surface area (TPSA) is 54.9 Å². The van der Waals surface area contributed by atoms with Crippen LogP contribution in [0.4, 0.5) is 18.3 Å². The van der Waals surface area contributed by atoms with Gasteiger partial charge in [0.1, 0.15) is 0 Å². The SMILES string of the molecule is CSc1nc2ccc3nc(NC(=O)c4ccc(C(F)(F)F)cc4)sc3c2s1. The summed E-state index contributed by atoms with van der Waals surface area (Å²) in [5, 5.41) is 3.05. The molecule has 0 radical (unpaired) electrons. The number of thiazole rings is 2. The van der Waals surface area contributed by atoms with Gasteiger partial charge in [0.2, 0.25) is 0 Å². The highest BCUT2D eigenvalue weighted by Gasteiger charge is 2.30. The standard InChI is InChI=1S/C17H10F3N3OS3/c1-25-16-22-11-7-6-10-12(13(11)27-16)26-15(21-10)23-14(24)8-2-4-9(5-3-8)17(18,19)20/h2-7H,1H3,(H,21,23,24). The molecule has 0 saturated carbocycles. The molecule has 4 nitrogen and oxygen atoms in total. The molecule has 0 fully saturated rings. The number of rotatable bonds is 3. The maximum absolute atomic E-state index is 12.6.